The molecule has 1 aliphatic heterocycles. The minimum atomic E-state index is -0.656. The fourth-order valence-electron chi connectivity index (χ4n) is 2.18. The average Bonchev–Trinajstić information content (AvgIpc) is 2.49. The molecule has 98 valence electrons. The van der Waals surface area contributed by atoms with E-state index < -0.39 is 6.04 Å². The summed E-state index contributed by atoms with van der Waals surface area (Å²) >= 11 is 0. The summed E-state index contributed by atoms with van der Waals surface area (Å²) in [5.74, 6) is -0.318. The van der Waals surface area contributed by atoms with Crippen LogP contribution in [0, 0.1) is 11.7 Å². The Hall–Kier alpha value is -1.62. The van der Waals surface area contributed by atoms with Crippen LogP contribution in [0.5, 0.6) is 0 Å². The number of halogens is 1. The third-order valence-electron chi connectivity index (χ3n) is 3.12. The number of nitrogens with one attached hydrogen (secondary N) is 1. The molecule has 0 spiro atoms. The number of hydrogen-bond donors (Lipinski definition) is 2. The first-order valence-electron chi connectivity index (χ1n) is 6.02. The fraction of sp³-hybridized carbons (Fsp3) is 0.462. The zero-order valence-electron chi connectivity index (χ0n) is 10.3. The molecule has 0 aliphatic carbocycles. The Labute approximate surface area is 105 Å². The van der Waals surface area contributed by atoms with Gasteiger partial charge < -0.3 is 15.3 Å². The fourth-order valence-corrected chi connectivity index (χ4v) is 2.18. The molecule has 0 bridgehead atoms. The quantitative estimate of drug-likeness (QED) is 0.817. The van der Waals surface area contributed by atoms with E-state index in [9.17, 15) is 14.3 Å². The number of rotatable bonds is 2. The van der Waals surface area contributed by atoms with Gasteiger partial charge in [0.15, 0.2) is 0 Å². The van der Waals surface area contributed by atoms with Gasteiger partial charge in [-0.2, -0.15) is 0 Å². The van der Waals surface area contributed by atoms with Crippen molar-refractivity contribution < 1.29 is 14.3 Å². The molecule has 2 N–H and O–H groups in total. The molecule has 5 heteroatoms. The van der Waals surface area contributed by atoms with Crippen molar-refractivity contribution in [3.05, 3.63) is 30.1 Å². The van der Waals surface area contributed by atoms with Gasteiger partial charge in [-0.05, 0) is 24.1 Å². The molecule has 1 fully saturated rings. The van der Waals surface area contributed by atoms with Crippen LogP contribution in [0.3, 0.4) is 0 Å². The van der Waals surface area contributed by atoms with Crippen molar-refractivity contribution in [3.63, 3.8) is 0 Å². The van der Waals surface area contributed by atoms with Crippen LogP contribution in [0.15, 0.2) is 24.3 Å². The van der Waals surface area contributed by atoms with Gasteiger partial charge in [0.25, 0.3) is 0 Å². The highest BCUT2D eigenvalue weighted by Crippen LogP contribution is 2.21. The van der Waals surface area contributed by atoms with Crippen LogP contribution in [-0.2, 0) is 4.79 Å². The lowest BCUT2D eigenvalue weighted by Crippen LogP contribution is -2.47. The number of aliphatic hydroxyl groups is 1. The van der Waals surface area contributed by atoms with E-state index in [2.05, 4.69) is 5.32 Å². The van der Waals surface area contributed by atoms with E-state index in [-0.39, 0.29) is 24.2 Å². The van der Waals surface area contributed by atoms with E-state index >= 15 is 0 Å². The molecule has 1 aromatic carbocycles. The first-order valence-corrected chi connectivity index (χ1v) is 6.02. The van der Waals surface area contributed by atoms with Gasteiger partial charge in [-0.15, -0.1) is 0 Å². The van der Waals surface area contributed by atoms with E-state index in [0.29, 0.717) is 18.8 Å². The topological polar surface area (TPSA) is 52.6 Å². The molecule has 2 atom stereocenters. The van der Waals surface area contributed by atoms with Gasteiger partial charge >= 0.3 is 0 Å². The van der Waals surface area contributed by atoms with Crippen LogP contribution in [0.25, 0.3) is 0 Å². The summed E-state index contributed by atoms with van der Waals surface area (Å²) in [4.78, 5) is 13.6. The highest BCUT2D eigenvalue weighted by atomic mass is 19.1. The maximum Gasteiger partial charge on any atom is 0.245 e. The van der Waals surface area contributed by atoms with Gasteiger partial charge in [0, 0.05) is 18.8 Å². The number of anilines is 1. The number of amides is 1. The van der Waals surface area contributed by atoms with E-state index in [0.717, 1.165) is 0 Å². The van der Waals surface area contributed by atoms with Crippen molar-refractivity contribution in [3.8, 4) is 0 Å². The number of benzene rings is 1. The lowest BCUT2D eigenvalue weighted by atomic mass is 10.1. The molecule has 1 saturated heterocycles. The van der Waals surface area contributed by atoms with E-state index in [4.69, 9.17) is 0 Å². The smallest absolute Gasteiger partial charge is 0.245 e. The maximum absolute atomic E-state index is 13.3. The summed E-state index contributed by atoms with van der Waals surface area (Å²) in [6, 6.07) is 5.44. The lowest BCUT2D eigenvalue weighted by Gasteiger charge is -2.30. The van der Waals surface area contributed by atoms with Crippen LogP contribution < -0.4 is 10.2 Å². The first-order chi connectivity index (χ1) is 8.61. The maximum atomic E-state index is 13.3. The van der Waals surface area contributed by atoms with Gasteiger partial charge in [-0.3, -0.25) is 4.79 Å². The molecule has 18 heavy (non-hydrogen) atoms. The summed E-state index contributed by atoms with van der Waals surface area (Å²) in [6.45, 7) is 2.90. The Balaban J connectivity index is 2.34. The Morgan fingerprint density at radius 1 is 1.56 bits per heavy atom. The molecule has 4 nitrogen and oxygen atoms in total. The van der Waals surface area contributed by atoms with Crippen molar-refractivity contribution in [1.29, 1.82) is 0 Å². The predicted octanol–water partition coefficient (Wildman–Crippen LogP) is 0.759. The van der Waals surface area contributed by atoms with Crippen molar-refractivity contribution in [1.82, 2.24) is 5.32 Å². The molecule has 0 aromatic heterocycles. The molecular weight excluding hydrogens is 235 g/mol. The SMILES string of the molecule is CC1CNC(=O)C(CO)N(c2cccc(F)c2)C1. The summed E-state index contributed by atoms with van der Waals surface area (Å²) < 4.78 is 13.3. The first kappa shape index (κ1) is 12.8. The molecule has 1 heterocycles. The normalized spacial score (nSPS) is 24.6. The highest BCUT2D eigenvalue weighted by Gasteiger charge is 2.30. The molecule has 1 aliphatic rings. The van der Waals surface area contributed by atoms with Crippen LogP contribution >= 0.6 is 0 Å². The number of aliphatic hydroxyl groups excluding tert-OH is 1. The zero-order chi connectivity index (χ0) is 13.1. The number of carbonyl (C=O) groups excluding carboxylic acids is 1. The predicted molar refractivity (Wildman–Crippen MR) is 66.8 cm³/mol. The summed E-state index contributed by atoms with van der Waals surface area (Å²) in [7, 11) is 0. The van der Waals surface area contributed by atoms with Crippen LogP contribution in [0.4, 0.5) is 10.1 Å². The van der Waals surface area contributed by atoms with Crippen molar-refractivity contribution in [2.75, 3.05) is 24.6 Å². The molecule has 1 amide bonds. The van der Waals surface area contributed by atoms with Crippen LogP contribution in [0.2, 0.25) is 0 Å². The van der Waals surface area contributed by atoms with E-state index in [1.807, 2.05) is 6.92 Å². The third kappa shape index (κ3) is 2.61. The molecule has 1 aromatic rings. The summed E-state index contributed by atoms with van der Waals surface area (Å²) in [6.07, 6.45) is 0. The van der Waals surface area contributed by atoms with Gasteiger partial charge in [0.05, 0.1) is 6.61 Å². The second-order valence-corrected chi connectivity index (χ2v) is 4.68. The third-order valence-corrected chi connectivity index (χ3v) is 3.12. The molecule has 0 saturated carbocycles. The molecule has 2 unspecified atom stereocenters. The largest absolute Gasteiger partial charge is 0.394 e. The molecule has 0 radical (unpaired) electrons. The zero-order valence-corrected chi connectivity index (χ0v) is 10.3. The average molecular weight is 252 g/mol. The standard InChI is InChI=1S/C13H17FN2O2/c1-9-6-15-13(18)12(8-17)16(7-9)11-4-2-3-10(14)5-11/h2-5,9,12,17H,6-8H2,1H3,(H,15,18). The van der Waals surface area contributed by atoms with E-state index in [1.54, 1.807) is 17.0 Å². The van der Waals surface area contributed by atoms with E-state index in [1.165, 1.54) is 12.1 Å². The van der Waals surface area contributed by atoms with Crippen LogP contribution in [0.1, 0.15) is 6.92 Å². The second-order valence-electron chi connectivity index (χ2n) is 4.68. The van der Waals surface area contributed by atoms with Crippen molar-refractivity contribution in [2.45, 2.75) is 13.0 Å². The van der Waals surface area contributed by atoms with Gasteiger partial charge in [-0.25, -0.2) is 4.39 Å². The van der Waals surface area contributed by atoms with Gasteiger partial charge in [-0.1, -0.05) is 13.0 Å². The Bertz CT molecular complexity index is 439. The molecule has 2 rings (SSSR count). The number of hydrogen-bond acceptors (Lipinski definition) is 3. The highest BCUT2D eigenvalue weighted by molar-refractivity contribution is 5.85. The van der Waals surface area contributed by atoms with Gasteiger partial charge in [0.1, 0.15) is 11.9 Å². The Kier molecular flexibility index (Phi) is 3.81. The monoisotopic (exact) mass is 252 g/mol. The van der Waals surface area contributed by atoms with Crippen molar-refractivity contribution >= 4 is 11.6 Å². The summed E-state index contributed by atoms with van der Waals surface area (Å²) in [5, 5.41) is 12.2. The van der Waals surface area contributed by atoms with Crippen molar-refractivity contribution in [2.24, 2.45) is 5.92 Å². The van der Waals surface area contributed by atoms with Crippen LogP contribution in [-0.4, -0.2) is 36.8 Å². The molecular formula is C13H17FN2O2. The number of carbonyl (C=O) groups is 1. The van der Waals surface area contributed by atoms with Gasteiger partial charge in [0.2, 0.25) is 5.91 Å². The minimum Gasteiger partial charge on any atom is -0.394 e. The minimum absolute atomic E-state index is 0.217. The lowest BCUT2D eigenvalue weighted by molar-refractivity contribution is -0.122. The number of nitrogens with zero attached hydrogens (tertiary/aromatic N) is 1. The Morgan fingerprint density at radius 2 is 2.33 bits per heavy atom. The summed E-state index contributed by atoms with van der Waals surface area (Å²) in [5.41, 5.74) is 0.623. The second kappa shape index (κ2) is 5.35. The Morgan fingerprint density at radius 3 is 3.00 bits per heavy atom.